The second-order valence-electron chi connectivity index (χ2n) is 7.03. The topological polar surface area (TPSA) is 44.5 Å². The monoisotopic (exact) mass is 301 g/mol. The number of hydrogen-bond acceptors (Lipinski definition) is 4. The van der Waals surface area contributed by atoms with E-state index in [9.17, 15) is 0 Å². The van der Waals surface area contributed by atoms with Crippen LogP contribution < -0.4 is 5.46 Å². The molecule has 0 radical (unpaired) electrons. The Bertz CT molecular complexity index is 662. The highest BCUT2D eigenvalue weighted by atomic mass is 16.7. The fourth-order valence-corrected chi connectivity index (χ4v) is 2.55. The Morgan fingerprint density at radius 2 is 1.77 bits per heavy atom. The average molecular weight is 301 g/mol. The van der Waals surface area contributed by atoms with E-state index in [1.165, 1.54) is 0 Å². The molecule has 22 heavy (non-hydrogen) atoms. The highest BCUT2D eigenvalue weighted by molar-refractivity contribution is 6.62. The molecule has 5 heteroatoms. The van der Waals surface area contributed by atoms with Crippen LogP contribution in [0.2, 0.25) is 0 Å². The predicted octanol–water partition coefficient (Wildman–Crippen LogP) is 3.47. The fourth-order valence-electron chi connectivity index (χ4n) is 2.55. The van der Waals surface area contributed by atoms with Gasteiger partial charge in [-0.05, 0) is 51.7 Å². The van der Waals surface area contributed by atoms with Crippen molar-refractivity contribution in [3.05, 3.63) is 24.1 Å². The van der Waals surface area contributed by atoms with E-state index in [-0.39, 0.29) is 18.3 Å². The molecule has 1 fully saturated rings. The first-order valence-electron chi connectivity index (χ1n) is 8.07. The molecule has 0 unspecified atom stereocenters. The summed E-state index contributed by atoms with van der Waals surface area (Å²) in [5.41, 5.74) is 2.01. The smallest absolute Gasteiger partial charge is 0.441 e. The largest absolute Gasteiger partial charge is 0.494 e. The Labute approximate surface area is 132 Å². The molecule has 0 amide bonds. The van der Waals surface area contributed by atoms with Crippen molar-refractivity contribution in [2.45, 2.75) is 65.1 Å². The number of unbranched alkanes of at least 4 members (excludes halogenated alkanes) is 1. The third kappa shape index (κ3) is 2.68. The van der Waals surface area contributed by atoms with Gasteiger partial charge >= 0.3 is 7.12 Å². The van der Waals surface area contributed by atoms with Crippen LogP contribution >= 0.6 is 0 Å². The van der Waals surface area contributed by atoms with Crippen LogP contribution in [0.5, 0.6) is 0 Å². The van der Waals surface area contributed by atoms with Crippen molar-refractivity contribution < 1.29 is 13.7 Å². The Hall–Kier alpha value is -1.33. The molecule has 1 aliphatic heterocycles. The van der Waals surface area contributed by atoms with Gasteiger partial charge in [0, 0.05) is 6.42 Å². The number of nitrogens with zero attached hydrogens (tertiary/aromatic N) is 1. The quantitative estimate of drug-likeness (QED) is 0.811. The van der Waals surface area contributed by atoms with Gasteiger partial charge in [0.2, 0.25) is 0 Å². The lowest BCUT2D eigenvalue weighted by atomic mass is 9.79. The van der Waals surface area contributed by atoms with Crippen molar-refractivity contribution in [3.8, 4) is 0 Å². The molecule has 2 heterocycles. The van der Waals surface area contributed by atoms with Crippen LogP contribution in [0.1, 0.15) is 53.4 Å². The minimum Gasteiger partial charge on any atom is -0.441 e. The SMILES string of the molecule is CCCCc1nc2ccc(B3OC(C)(C)C(C)(C)O3)cc2o1. The maximum absolute atomic E-state index is 6.09. The molecule has 0 aliphatic carbocycles. The van der Waals surface area contributed by atoms with E-state index in [4.69, 9.17) is 13.7 Å². The maximum Gasteiger partial charge on any atom is 0.494 e. The molecule has 118 valence electrons. The van der Waals surface area contributed by atoms with Crippen LogP contribution in [0.4, 0.5) is 0 Å². The van der Waals surface area contributed by atoms with Crippen LogP contribution in [-0.2, 0) is 15.7 Å². The lowest BCUT2D eigenvalue weighted by Gasteiger charge is -2.32. The zero-order valence-corrected chi connectivity index (χ0v) is 14.1. The first-order valence-corrected chi connectivity index (χ1v) is 8.07. The molecule has 3 rings (SSSR count). The molecule has 1 aromatic carbocycles. The Kier molecular flexibility index (Phi) is 3.81. The summed E-state index contributed by atoms with van der Waals surface area (Å²) in [6.07, 6.45) is 3.12. The van der Waals surface area contributed by atoms with Gasteiger partial charge in [-0.25, -0.2) is 4.98 Å². The van der Waals surface area contributed by atoms with E-state index >= 15 is 0 Å². The van der Waals surface area contributed by atoms with Crippen molar-refractivity contribution >= 4 is 23.7 Å². The Morgan fingerprint density at radius 3 is 2.41 bits per heavy atom. The number of fused-ring (bicyclic) bond motifs is 1. The molecule has 1 saturated heterocycles. The number of aryl methyl sites for hydroxylation is 1. The molecule has 1 aromatic heterocycles. The number of oxazole rings is 1. The van der Waals surface area contributed by atoms with Crippen molar-refractivity contribution in [1.82, 2.24) is 4.98 Å². The number of aromatic nitrogens is 1. The van der Waals surface area contributed by atoms with E-state index in [0.29, 0.717) is 0 Å². The van der Waals surface area contributed by atoms with Gasteiger partial charge < -0.3 is 13.7 Å². The summed E-state index contributed by atoms with van der Waals surface area (Å²) < 4.78 is 18.0. The van der Waals surface area contributed by atoms with Gasteiger partial charge in [0.05, 0.1) is 11.2 Å². The summed E-state index contributed by atoms with van der Waals surface area (Å²) in [7, 11) is -0.362. The summed E-state index contributed by atoms with van der Waals surface area (Å²) >= 11 is 0. The first-order chi connectivity index (χ1) is 10.3. The van der Waals surface area contributed by atoms with Gasteiger partial charge in [-0.2, -0.15) is 0 Å². The van der Waals surface area contributed by atoms with Crippen molar-refractivity contribution in [1.29, 1.82) is 0 Å². The van der Waals surface area contributed by atoms with Crippen LogP contribution in [0.3, 0.4) is 0 Å². The first kappa shape index (κ1) is 15.6. The molecule has 2 aromatic rings. The minimum atomic E-state index is -0.362. The zero-order valence-electron chi connectivity index (χ0n) is 14.1. The van der Waals surface area contributed by atoms with Crippen molar-refractivity contribution in [3.63, 3.8) is 0 Å². The summed E-state index contributed by atoms with van der Waals surface area (Å²) in [6.45, 7) is 10.4. The molecule has 0 bridgehead atoms. The van der Waals surface area contributed by atoms with Crippen LogP contribution in [-0.4, -0.2) is 23.3 Å². The maximum atomic E-state index is 6.09. The van der Waals surface area contributed by atoms with Crippen LogP contribution in [0, 0.1) is 0 Å². The lowest BCUT2D eigenvalue weighted by Crippen LogP contribution is -2.41. The molecule has 0 N–H and O–H groups in total. The van der Waals surface area contributed by atoms with Gasteiger partial charge in [-0.3, -0.25) is 0 Å². The Morgan fingerprint density at radius 1 is 1.09 bits per heavy atom. The summed E-state index contributed by atoms with van der Waals surface area (Å²) in [6, 6.07) is 5.98. The second kappa shape index (κ2) is 5.39. The van der Waals surface area contributed by atoms with Gasteiger partial charge in [0.15, 0.2) is 11.5 Å². The van der Waals surface area contributed by atoms with E-state index in [0.717, 1.165) is 41.7 Å². The van der Waals surface area contributed by atoms with Gasteiger partial charge in [-0.15, -0.1) is 0 Å². The highest BCUT2D eigenvalue weighted by Gasteiger charge is 2.51. The number of benzene rings is 1. The van der Waals surface area contributed by atoms with Crippen molar-refractivity contribution in [2.24, 2.45) is 0 Å². The lowest BCUT2D eigenvalue weighted by molar-refractivity contribution is 0.00578. The molecule has 1 aliphatic rings. The molecule has 0 atom stereocenters. The van der Waals surface area contributed by atoms with Crippen molar-refractivity contribution in [2.75, 3.05) is 0 Å². The van der Waals surface area contributed by atoms with Crippen LogP contribution in [0.15, 0.2) is 22.6 Å². The van der Waals surface area contributed by atoms with Crippen LogP contribution in [0.25, 0.3) is 11.1 Å². The standard InChI is InChI=1S/C17H24BNO3/c1-6-7-8-15-19-13-10-9-12(11-14(13)20-15)18-21-16(2,3)17(4,5)22-18/h9-11H,6-8H2,1-5H3. The molecular formula is C17H24BNO3. The molecule has 0 spiro atoms. The van der Waals surface area contributed by atoms with E-state index in [2.05, 4.69) is 39.6 Å². The predicted molar refractivity (Wildman–Crippen MR) is 88.3 cm³/mol. The van der Waals surface area contributed by atoms with E-state index in [1.54, 1.807) is 0 Å². The zero-order chi connectivity index (χ0) is 16.0. The van der Waals surface area contributed by atoms with E-state index < -0.39 is 0 Å². The summed E-state index contributed by atoms with van der Waals surface area (Å²) in [5.74, 6) is 0.808. The number of rotatable bonds is 4. The molecule has 0 saturated carbocycles. The van der Waals surface area contributed by atoms with Gasteiger partial charge in [0.25, 0.3) is 0 Å². The van der Waals surface area contributed by atoms with Gasteiger partial charge in [0.1, 0.15) is 5.52 Å². The summed E-state index contributed by atoms with van der Waals surface area (Å²) in [5, 5.41) is 0. The third-order valence-electron chi connectivity index (χ3n) is 4.73. The van der Waals surface area contributed by atoms with Gasteiger partial charge in [-0.1, -0.05) is 19.4 Å². The van der Waals surface area contributed by atoms with E-state index in [1.807, 2.05) is 18.2 Å². The number of hydrogen-bond donors (Lipinski definition) is 0. The fraction of sp³-hybridized carbons (Fsp3) is 0.588. The highest BCUT2D eigenvalue weighted by Crippen LogP contribution is 2.36. The molecule has 4 nitrogen and oxygen atoms in total. The molecular weight excluding hydrogens is 277 g/mol. The average Bonchev–Trinajstić information content (AvgIpc) is 2.93. The third-order valence-corrected chi connectivity index (χ3v) is 4.73. The normalized spacial score (nSPS) is 20.0. The minimum absolute atomic E-state index is 0.333. The Balaban J connectivity index is 1.86. The summed E-state index contributed by atoms with van der Waals surface area (Å²) in [4.78, 5) is 4.53. The second-order valence-corrected chi connectivity index (χ2v) is 7.03.